The maximum atomic E-state index is 12.8. The number of anilines is 1. The summed E-state index contributed by atoms with van der Waals surface area (Å²) >= 11 is 0. The zero-order valence-electron chi connectivity index (χ0n) is 20.2. The second-order valence-corrected chi connectivity index (χ2v) is 11.1. The van der Waals surface area contributed by atoms with Crippen LogP contribution in [0.2, 0.25) is 0 Å². The van der Waals surface area contributed by atoms with Gasteiger partial charge >= 0.3 is 6.18 Å². The molecule has 200 valence electrons. The van der Waals surface area contributed by atoms with Crippen molar-refractivity contribution in [2.24, 2.45) is 0 Å². The number of hydrogen-bond acceptors (Lipinski definition) is 4. The van der Waals surface area contributed by atoms with E-state index in [0.717, 1.165) is 75.3 Å². The van der Waals surface area contributed by atoms with Crippen molar-refractivity contribution in [3.63, 3.8) is 0 Å². The van der Waals surface area contributed by atoms with Gasteiger partial charge in [0, 0.05) is 31.9 Å². The molecule has 36 heavy (non-hydrogen) atoms. The Hall–Kier alpha value is -1.81. The lowest BCUT2D eigenvalue weighted by atomic mass is 9.98. The average Bonchev–Trinajstić information content (AvgIpc) is 3.04. The Bertz CT molecular complexity index is 1090. The molecule has 1 aliphatic heterocycles. The van der Waals surface area contributed by atoms with Crippen LogP contribution in [0.5, 0.6) is 0 Å². The molecule has 1 aliphatic carbocycles. The summed E-state index contributed by atoms with van der Waals surface area (Å²) in [6.07, 6.45) is 4.88. The SMILES string of the molecule is Cl.O=S(=O)(Nc1ccc2c(c1)CCN(CCCOC1CCCCC1)CC2)c1ccc(C(F)(F)F)cc1. The third kappa shape index (κ3) is 7.84. The summed E-state index contributed by atoms with van der Waals surface area (Å²) in [6, 6.07) is 9.01. The van der Waals surface area contributed by atoms with Crippen LogP contribution in [-0.4, -0.2) is 45.7 Å². The highest BCUT2D eigenvalue weighted by Crippen LogP contribution is 2.30. The molecule has 2 aromatic carbocycles. The van der Waals surface area contributed by atoms with Gasteiger partial charge in [-0.2, -0.15) is 13.2 Å². The summed E-state index contributed by atoms with van der Waals surface area (Å²) in [7, 11) is -3.99. The molecule has 1 saturated carbocycles. The summed E-state index contributed by atoms with van der Waals surface area (Å²) < 4.78 is 72.3. The average molecular weight is 547 g/mol. The molecule has 2 aliphatic rings. The smallest absolute Gasteiger partial charge is 0.378 e. The number of benzene rings is 2. The summed E-state index contributed by atoms with van der Waals surface area (Å²) in [6.45, 7) is 3.62. The van der Waals surface area contributed by atoms with Crippen LogP contribution in [0.25, 0.3) is 0 Å². The number of nitrogens with zero attached hydrogens (tertiary/aromatic N) is 1. The van der Waals surface area contributed by atoms with Crippen molar-refractivity contribution in [2.45, 2.75) is 68.5 Å². The van der Waals surface area contributed by atoms with Gasteiger partial charge in [0.25, 0.3) is 10.0 Å². The van der Waals surface area contributed by atoms with E-state index in [1.165, 1.54) is 37.7 Å². The Balaban J connectivity index is 0.00000361. The molecule has 5 nitrogen and oxygen atoms in total. The minimum atomic E-state index is -4.51. The van der Waals surface area contributed by atoms with Gasteiger partial charge in [0.1, 0.15) is 0 Å². The topological polar surface area (TPSA) is 58.6 Å². The van der Waals surface area contributed by atoms with Crippen molar-refractivity contribution < 1.29 is 26.3 Å². The van der Waals surface area contributed by atoms with Crippen LogP contribution in [0.15, 0.2) is 47.4 Å². The van der Waals surface area contributed by atoms with Crippen molar-refractivity contribution >= 4 is 28.1 Å². The van der Waals surface area contributed by atoms with E-state index in [-0.39, 0.29) is 17.3 Å². The largest absolute Gasteiger partial charge is 0.416 e. The molecule has 0 spiro atoms. The van der Waals surface area contributed by atoms with E-state index >= 15 is 0 Å². The number of sulfonamides is 1. The highest BCUT2D eigenvalue weighted by Gasteiger charge is 2.30. The highest BCUT2D eigenvalue weighted by molar-refractivity contribution is 7.92. The highest BCUT2D eigenvalue weighted by atomic mass is 35.5. The van der Waals surface area contributed by atoms with Gasteiger partial charge in [-0.15, -0.1) is 12.4 Å². The van der Waals surface area contributed by atoms with E-state index in [2.05, 4.69) is 9.62 Å². The van der Waals surface area contributed by atoms with Crippen LogP contribution in [0.4, 0.5) is 18.9 Å². The molecule has 1 heterocycles. The first-order valence-electron chi connectivity index (χ1n) is 12.4. The number of halogens is 4. The summed E-state index contributed by atoms with van der Waals surface area (Å²) in [5.74, 6) is 0. The molecule has 4 rings (SSSR count). The number of nitrogens with one attached hydrogen (secondary N) is 1. The Morgan fingerprint density at radius 2 is 1.61 bits per heavy atom. The Labute approximate surface area is 217 Å². The lowest BCUT2D eigenvalue weighted by Crippen LogP contribution is -2.29. The van der Waals surface area contributed by atoms with Gasteiger partial charge in [-0.05, 0) is 79.6 Å². The number of rotatable bonds is 8. The van der Waals surface area contributed by atoms with Gasteiger partial charge in [0.2, 0.25) is 0 Å². The maximum absolute atomic E-state index is 12.8. The van der Waals surface area contributed by atoms with E-state index in [1.807, 2.05) is 12.1 Å². The molecule has 0 amide bonds. The van der Waals surface area contributed by atoms with Crippen molar-refractivity contribution in [3.8, 4) is 0 Å². The fourth-order valence-corrected chi connectivity index (χ4v) is 5.92. The van der Waals surface area contributed by atoms with Crippen LogP contribution in [-0.2, 0) is 33.8 Å². The molecular weight excluding hydrogens is 513 g/mol. The first-order valence-corrected chi connectivity index (χ1v) is 13.8. The van der Waals surface area contributed by atoms with Crippen LogP contribution < -0.4 is 4.72 Å². The van der Waals surface area contributed by atoms with Crippen LogP contribution in [0, 0.1) is 0 Å². The summed E-state index contributed by atoms with van der Waals surface area (Å²) in [4.78, 5) is 2.22. The summed E-state index contributed by atoms with van der Waals surface area (Å²) in [5, 5.41) is 0. The minimum Gasteiger partial charge on any atom is -0.378 e. The minimum absolute atomic E-state index is 0. The lowest BCUT2D eigenvalue weighted by molar-refractivity contribution is -0.137. The van der Waals surface area contributed by atoms with Gasteiger partial charge in [0.15, 0.2) is 0 Å². The van der Waals surface area contributed by atoms with Crippen molar-refractivity contribution in [1.29, 1.82) is 0 Å². The number of fused-ring (bicyclic) bond motifs is 1. The fourth-order valence-electron chi connectivity index (χ4n) is 4.87. The molecule has 0 radical (unpaired) electrons. The molecule has 1 N–H and O–H groups in total. The monoisotopic (exact) mass is 546 g/mol. The van der Waals surface area contributed by atoms with Crippen LogP contribution in [0.1, 0.15) is 55.2 Å². The van der Waals surface area contributed by atoms with Crippen molar-refractivity contribution in [3.05, 3.63) is 59.2 Å². The van der Waals surface area contributed by atoms with Gasteiger partial charge in [0.05, 0.1) is 16.6 Å². The fraction of sp³-hybridized carbons (Fsp3) is 0.538. The zero-order chi connectivity index (χ0) is 24.9. The Morgan fingerprint density at radius 1 is 0.944 bits per heavy atom. The molecule has 0 unspecified atom stereocenters. The molecule has 10 heteroatoms. The van der Waals surface area contributed by atoms with E-state index in [4.69, 9.17) is 4.74 Å². The first kappa shape index (κ1) is 28.8. The van der Waals surface area contributed by atoms with Gasteiger partial charge in [-0.25, -0.2) is 8.42 Å². The predicted octanol–water partition coefficient (Wildman–Crippen LogP) is 6.07. The number of alkyl halides is 3. The third-order valence-electron chi connectivity index (χ3n) is 6.87. The van der Waals surface area contributed by atoms with Gasteiger partial charge in [-0.3, -0.25) is 4.72 Å². The molecular formula is C26H34ClF3N2O3S. The Kier molecular flexibility index (Phi) is 10.1. The number of ether oxygens (including phenoxy) is 1. The molecule has 0 atom stereocenters. The van der Waals surface area contributed by atoms with E-state index < -0.39 is 21.8 Å². The number of hydrogen-bond donors (Lipinski definition) is 1. The molecule has 0 aromatic heterocycles. The van der Waals surface area contributed by atoms with Crippen molar-refractivity contribution in [2.75, 3.05) is 31.0 Å². The molecule has 0 saturated heterocycles. The van der Waals surface area contributed by atoms with E-state index in [0.29, 0.717) is 11.8 Å². The third-order valence-corrected chi connectivity index (χ3v) is 8.27. The quantitative estimate of drug-likeness (QED) is 0.408. The molecule has 1 fully saturated rings. The first-order chi connectivity index (χ1) is 16.7. The molecule has 0 bridgehead atoms. The zero-order valence-corrected chi connectivity index (χ0v) is 21.9. The maximum Gasteiger partial charge on any atom is 0.416 e. The Morgan fingerprint density at radius 3 is 2.28 bits per heavy atom. The van der Waals surface area contributed by atoms with Gasteiger partial charge in [-0.1, -0.05) is 25.3 Å². The predicted molar refractivity (Wildman–Crippen MR) is 137 cm³/mol. The van der Waals surface area contributed by atoms with Crippen molar-refractivity contribution in [1.82, 2.24) is 4.90 Å². The van der Waals surface area contributed by atoms with Gasteiger partial charge < -0.3 is 9.64 Å². The standard InChI is InChI=1S/C26H33F3N2O3S.ClH/c27-26(28,29)22-8-11-25(12-9-22)35(32,33)30-23-10-7-20-13-16-31(17-14-21(20)19-23)15-4-18-34-24-5-2-1-3-6-24;/h7-12,19,24,30H,1-6,13-18H2;1H. The molecule has 2 aromatic rings. The van der Waals surface area contributed by atoms with E-state index in [9.17, 15) is 21.6 Å². The summed E-state index contributed by atoms with van der Waals surface area (Å²) in [5.41, 5.74) is 1.83. The second kappa shape index (κ2) is 12.6. The lowest BCUT2D eigenvalue weighted by Gasteiger charge is -2.23. The second-order valence-electron chi connectivity index (χ2n) is 9.44. The normalized spacial score (nSPS) is 17.6. The van der Waals surface area contributed by atoms with Crippen LogP contribution >= 0.6 is 12.4 Å². The van der Waals surface area contributed by atoms with E-state index in [1.54, 1.807) is 6.07 Å². The van der Waals surface area contributed by atoms with Crippen LogP contribution in [0.3, 0.4) is 0 Å².